The van der Waals surface area contributed by atoms with Gasteiger partial charge in [-0.2, -0.15) is 0 Å². The summed E-state index contributed by atoms with van der Waals surface area (Å²) in [4.78, 5) is 25.0. The second-order valence-electron chi connectivity index (χ2n) is 4.24. The molecule has 2 atom stereocenters. The van der Waals surface area contributed by atoms with Gasteiger partial charge in [0.25, 0.3) is 5.91 Å². The molecule has 19 heavy (non-hydrogen) atoms. The molecule has 5 nitrogen and oxygen atoms in total. The molecule has 0 bridgehead atoms. The highest BCUT2D eigenvalue weighted by atomic mass is 79.9. The van der Waals surface area contributed by atoms with Crippen molar-refractivity contribution in [3.63, 3.8) is 0 Å². The lowest BCUT2D eigenvalue weighted by atomic mass is 10.1. The van der Waals surface area contributed by atoms with E-state index >= 15 is 0 Å². The molecule has 0 saturated carbocycles. The number of nitrogens with two attached hydrogens (primary N) is 1. The number of hydrogen-bond donors (Lipinski definition) is 2. The van der Waals surface area contributed by atoms with Crippen molar-refractivity contribution >= 4 is 45.3 Å². The van der Waals surface area contributed by atoms with Gasteiger partial charge in [-0.3, -0.25) is 4.79 Å². The number of carboxylic acid groups (broad SMARTS) is 1. The van der Waals surface area contributed by atoms with Gasteiger partial charge in [0, 0.05) is 21.5 Å². The van der Waals surface area contributed by atoms with E-state index < -0.39 is 12.0 Å². The molecule has 2 rings (SSSR count). The third-order valence-electron chi connectivity index (χ3n) is 2.99. The Labute approximate surface area is 123 Å². The van der Waals surface area contributed by atoms with Gasteiger partial charge in [-0.1, -0.05) is 0 Å². The second-order valence-corrected chi connectivity index (χ2v) is 6.44. The molecule has 7 heteroatoms. The van der Waals surface area contributed by atoms with Gasteiger partial charge < -0.3 is 15.7 Å². The summed E-state index contributed by atoms with van der Waals surface area (Å²) in [6.45, 7) is 1.83. The van der Waals surface area contributed by atoms with Crippen molar-refractivity contribution in [3.05, 3.63) is 28.2 Å². The lowest BCUT2D eigenvalue weighted by Crippen LogP contribution is -2.44. The maximum Gasteiger partial charge on any atom is 0.327 e. The molecule has 2 unspecified atom stereocenters. The van der Waals surface area contributed by atoms with Crippen molar-refractivity contribution in [2.24, 2.45) is 0 Å². The molecule has 1 saturated heterocycles. The van der Waals surface area contributed by atoms with Crippen molar-refractivity contribution in [1.29, 1.82) is 0 Å². The van der Waals surface area contributed by atoms with E-state index in [4.69, 9.17) is 10.8 Å². The quantitative estimate of drug-likeness (QED) is 0.802. The normalized spacial score (nSPS) is 22.5. The summed E-state index contributed by atoms with van der Waals surface area (Å²) in [7, 11) is 0. The topological polar surface area (TPSA) is 83.6 Å². The minimum atomic E-state index is -0.977. The van der Waals surface area contributed by atoms with Crippen molar-refractivity contribution in [1.82, 2.24) is 4.90 Å². The van der Waals surface area contributed by atoms with Gasteiger partial charge in [0.05, 0.1) is 5.37 Å². The van der Waals surface area contributed by atoms with E-state index in [9.17, 15) is 9.59 Å². The van der Waals surface area contributed by atoms with Crippen LogP contribution in [0.15, 0.2) is 22.7 Å². The number of aliphatic carboxylic acids is 1. The van der Waals surface area contributed by atoms with Crippen LogP contribution in [0.25, 0.3) is 0 Å². The smallest absolute Gasteiger partial charge is 0.327 e. The molecule has 0 aromatic heterocycles. The van der Waals surface area contributed by atoms with Crippen molar-refractivity contribution in [2.75, 3.05) is 11.5 Å². The van der Waals surface area contributed by atoms with E-state index in [1.54, 1.807) is 18.2 Å². The van der Waals surface area contributed by atoms with E-state index in [0.29, 0.717) is 21.5 Å². The summed E-state index contributed by atoms with van der Waals surface area (Å²) in [6, 6.07) is 4.10. The van der Waals surface area contributed by atoms with Gasteiger partial charge in [-0.25, -0.2) is 4.79 Å². The predicted molar refractivity (Wildman–Crippen MR) is 78.1 cm³/mol. The molecule has 1 aromatic carbocycles. The highest BCUT2D eigenvalue weighted by Gasteiger charge is 2.39. The van der Waals surface area contributed by atoms with Crippen LogP contribution in [-0.4, -0.2) is 39.1 Å². The zero-order valence-electron chi connectivity index (χ0n) is 10.2. The van der Waals surface area contributed by atoms with E-state index in [1.165, 1.54) is 16.7 Å². The number of halogens is 1. The van der Waals surface area contributed by atoms with Crippen LogP contribution < -0.4 is 5.73 Å². The number of rotatable bonds is 2. The Bertz CT molecular complexity index is 538. The summed E-state index contributed by atoms with van der Waals surface area (Å²) >= 11 is 4.72. The van der Waals surface area contributed by atoms with Gasteiger partial charge in [-0.05, 0) is 41.1 Å². The Hall–Kier alpha value is -1.21. The monoisotopic (exact) mass is 344 g/mol. The van der Waals surface area contributed by atoms with E-state index in [-0.39, 0.29) is 11.3 Å². The standard InChI is InChI=1S/C12H13BrN2O3S/c1-6-15(10(5-19-6)12(17)18)11(16)7-2-3-8(13)9(14)4-7/h2-4,6,10H,5,14H2,1H3,(H,17,18). The van der Waals surface area contributed by atoms with Gasteiger partial charge >= 0.3 is 5.97 Å². The first kappa shape index (κ1) is 14.2. The lowest BCUT2D eigenvalue weighted by Gasteiger charge is -2.25. The first-order chi connectivity index (χ1) is 8.91. The zero-order chi connectivity index (χ0) is 14.2. The van der Waals surface area contributed by atoms with Crippen LogP contribution in [0.4, 0.5) is 5.69 Å². The molecule has 1 heterocycles. The van der Waals surface area contributed by atoms with Crippen molar-refractivity contribution in [3.8, 4) is 0 Å². The summed E-state index contributed by atoms with van der Waals surface area (Å²) < 4.78 is 0.711. The van der Waals surface area contributed by atoms with Crippen molar-refractivity contribution < 1.29 is 14.7 Å². The second kappa shape index (κ2) is 5.42. The molecule has 1 aromatic rings. The number of benzene rings is 1. The Morgan fingerprint density at radius 1 is 1.53 bits per heavy atom. The Balaban J connectivity index is 2.31. The Morgan fingerprint density at radius 3 is 2.79 bits per heavy atom. The van der Waals surface area contributed by atoms with Gasteiger partial charge in [0.1, 0.15) is 6.04 Å². The van der Waals surface area contributed by atoms with Gasteiger partial charge in [0.15, 0.2) is 0 Å². The average Bonchev–Trinajstić information content (AvgIpc) is 2.74. The molecule has 1 amide bonds. The fourth-order valence-electron chi connectivity index (χ4n) is 1.97. The largest absolute Gasteiger partial charge is 0.480 e. The van der Waals surface area contributed by atoms with Crippen molar-refractivity contribution in [2.45, 2.75) is 18.3 Å². The fraction of sp³-hybridized carbons (Fsp3) is 0.333. The molecular weight excluding hydrogens is 332 g/mol. The molecule has 1 aliphatic rings. The highest BCUT2D eigenvalue weighted by Crippen LogP contribution is 2.31. The van der Waals surface area contributed by atoms with Crippen LogP contribution in [-0.2, 0) is 4.79 Å². The Kier molecular flexibility index (Phi) is 4.05. The molecule has 1 aliphatic heterocycles. The number of nitrogen functional groups attached to an aromatic ring is 1. The maximum atomic E-state index is 12.4. The van der Waals surface area contributed by atoms with E-state index in [0.717, 1.165) is 0 Å². The summed E-state index contributed by atoms with van der Waals surface area (Å²) in [6.07, 6.45) is 0. The zero-order valence-corrected chi connectivity index (χ0v) is 12.6. The van der Waals surface area contributed by atoms with E-state index in [2.05, 4.69) is 15.9 Å². The lowest BCUT2D eigenvalue weighted by molar-refractivity contribution is -0.141. The number of carboxylic acids is 1. The van der Waals surface area contributed by atoms with Crippen LogP contribution in [0, 0.1) is 0 Å². The van der Waals surface area contributed by atoms with Crippen LogP contribution in [0.2, 0.25) is 0 Å². The van der Waals surface area contributed by atoms with Crippen LogP contribution in [0.3, 0.4) is 0 Å². The van der Waals surface area contributed by atoms with Crippen LogP contribution >= 0.6 is 27.7 Å². The number of nitrogens with zero attached hydrogens (tertiary/aromatic N) is 1. The summed E-state index contributed by atoms with van der Waals surface area (Å²) in [5.41, 5.74) is 6.61. The van der Waals surface area contributed by atoms with Crippen LogP contribution in [0.1, 0.15) is 17.3 Å². The number of carbonyl (C=O) groups is 2. The average molecular weight is 345 g/mol. The molecular formula is C12H13BrN2O3S. The molecule has 0 spiro atoms. The number of amides is 1. The van der Waals surface area contributed by atoms with Gasteiger partial charge in [-0.15, -0.1) is 11.8 Å². The molecule has 1 fully saturated rings. The highest BCUT2D eigenvalue weighted by molar-refractivity contribution is 9.10. The minimum Gasteiger partial charge on any atom is -0.480 e. The Morgan fingerprint density at radius 2 is 2.21 bits per heavy atom. The fourth-order valence-corrected chi connectivity index (χ4v) is 3.38. The third-order valence-corrected chi connectivity index (χ3v) is 4.93. The molecule has 102 valence electrons. The third kappa shape index (κ3) is 2.71. The van der Waals surface area contributed by atoms with Gasteiger partial charge in [0.2, 0.25) is 0 Å². The van der Waals surface area contributed by atoms with Crippen LogP contribution in [0.5, 0.6) is 0 Å². The molecule has 3 N–H and O–H groups in total. The number of carbonyl (C=O) groups excluding carboxylic acids is 1. The first-order valence-electron chi connectivity index (χ1n) is 5.64. The maximum absolute atomic E-state index is 12.4. The van der Waals surface area contributed by atoms with E-state index in [1.807, 2.05) is 6.92 Å². The molecule has 0 aliphatic carbocycles. The predicted octanol–water partition coefficient (Wildman–Crippen LogP) is 2.02. The number of thioether (sulfide) groups is 1. The minimum absolute atomic E-state index is 0.154. The summed E-state index contributed by atoms with van der Waals surface area (Å²) in [5.74, 6) is -0.867. The SMILES string of the molecule is CC1SCC(C(=O)O)N1C(=O)c1ccc(Br)c(N)c1. The number of anilines is 1. The first-order valence-corrected chi connectivity index (χ1v) is 7.48. The molecule has 0 radical (unpaired) electrons. The number of hydrogen-bond acceptors (Lipinski definition) is 4. The summed E-state index contributed by atoms with van der Waals surface area (Å²) in [5, 5.41) is 9.00.